The Morgan fingerprint density at radius 2 is 2.00 bits per heavy atom. The van der Waals surface area contributed by atoms with Crippen molar-refractivity contribution in [1.82, 2.24) is 0 Å². The quantitative estimate of drug-likeness (QED) is 0.800. The lowest BCUT2D eigenvalue weighted by molar-refractivity contribution is -0.119. The number of fused-ring (bicyclic) bond motifs is 4. The van der Waals surface area contributed by atoms with Crippen LogP contribution < -0.4 is 10.1 Å². The van der Waals surface area contributed by atoms with Crippen LogP contribution in [-0.4, -0.2) is 12.5 Å². The fourth-order valence-corrected chi connectivity index (χ4v) is 3.12. The minimum Gasteiger partial charge on any atom is -0.491 e. The molecule has 2 heterocycles. The van der Waals surface area contributed by atoms with Gasteiger partial charge in [0.25, 0.3) is 0 Å². The smallest absolute Gasteiger partial charge is 0.243 e. The van der Waals surface area contributed by atoms with E-state index in [1.165, 1.54) is 0 Å². The number of anilines is 1. The summed E-state index contributed by atoms with van der Waals surface area (Å²) in [6.45, 7) is 0.325. The third kappa shape index (κ3) is 1.25. The average Bonchev–Trinajstić information content (AvgIpc) is 2.91. The van der Waals surface area contributed by atoms with Crippen LogP contribution >= 0.6 is 11.6 Å². The summed E-state index contributed by atoms with van der Waals surface area (Å²) in [5, 5.41) is 3.55. The van der Waals surface area contributed by atoms with Gasteiger partial charge >= 0.3 is 0 Å². The molecule has 0 aromatic heterocycles. The predicted octanol–water partition coefficient (Wildman–Crippen LogP) is 2.97. The third-order valence-electron chi connectivity index (χ3n) is 3.87. The molecule has 0 bridgehead atoms. The van der Waals surface area contributed by atoms with Crippen LogP contribution in [0.1, 0.15) is 11.1 Å². The summed E-state index contributed by atoms with van der Waals surface area (Å²) in [4.78, 5) is 12.5. The molecular weight excluding hydrogens is 262 g/mol. The zero-order chi connectivity index (χ0) is 13.0. The summed E-state index contributed by atoms with van der Waals surface area (Å²) in [5.41, 5.74) is 2.00. The molecule has 94 valence electrons. The van der Waals surface area contributed by atoms with Crippen molar-refractivity contribution in [3.05, 3.63) is 58.6 Å². The van der Waals surface area contributed by atoms with E-state index in [1.807, 2.05) is 30.3 Å². The highest BCUT2D eigenvalue weighted by molar-refractivity contribution is 6.30. The van der Waals surface area contributed by atoms with E-state index < -0.39 is 5.41 Å². The monoisotopic (exact) mass is 271 g/mol. The van der Waals surface area contributed by atoms with E-state index in [-0.39, 0.29) is 5.91 Å². The Labute approximate surface area is 115 Å². The number of halogens is 1. The van der Waals surface area contributed by atoms with Crippen LogP contribution in [0, 0.1) is 0 Å². The first-order valence-corrected chi connectivity index (χ1v) is 6.43. The van der Waals surface area contributed by atoms with Gasteiger partial charge in [-0.2, -0.15) is 0 Å². The van der Waals surface area contributed by atoms with Gasteiger partial charge in [-0.15, -0.1) is 0 Å². The molecule has 1 spiro atoms. The van der Waals surface area contributed by atoms with E-state index in [9.17, 15) is 4.79 Å². The number of amides is 1. The minimum atomic E-state index is -0.726. The Morgan fingerprint density at radius 3 is 2.89 bits per heavy atom. The number of nitrogens with one attached hydrogen (secondary N) is 1. The van der Waals surface area contributed by atoms with Crippen molar-refractivity contribution in [2.24, 2.45) is 0 Å². The highest BCUT2D eigenvalue weighted by atomic mass is 35.5. The summed E-state index contributed by atoms with van der Waals surface area (Å²) in [6.07, 6.45) is 0. The van der Waals surface area contributed by atoms with Gasteiger partial charge in [0.05, 0.1) is 0 Å². The second-order valence-corrected chi connectivity index (χ2v) is 5.27. The van der Waals surface area contributed by atoms with E-state index >= 15 is 0 Å². The summed E-state index contributed by atoms with van der Waals surface area (Å²) in [7, 11) is 0. The van der Waals surface area contributed by atoms with E-state index in [2.05, 4.69) is 5.32 Å². The molecule has 2 aliphatic rings. The predicted molar refractivity (Wildman–Crippen MR) is 72.8 cm³/mol. The fourth-order valence-electron chi connectivity index (χ4n) is 2.96. The molecule has 1 amide bonds. The van der Waals surface area contributed by atoms with Gasteiger partial charge in [0, 0.05) is 16.3 Å². The molecular formula is C15H10ClNO2. The Bertz CT molecular complexity index is 713. The van der Waals surface area contributed by atoms with Crippen LogP contribution in [0.2, 0.25) is 5.02 Å². The molecule has 0 saturated carbocycles. The van der Waals surface area contributed by atoms with Gasteiger partial charge in [-0.25, -0.2) is 0 Å². The molecule has 19 heavy (non-hydrogen) atoms. The Balaban J connectivity index is 2.01. The van der Waals surface area contributed by atoms with Gasteiger partial charge < -0.3 is 10.1 Å². The largest absolute Gasteiger partial charge is 0.491 e. The van der Waals surface area contributed by atoms with Crippen LogP contribution in [0.15, 0.2) is 42.5 Å². The van der Waals surface area contributed by atoms with Crippen molar-refractivity contribution in [1.29, 1.82) is 0 Å². The summed E-state index contributed by atoms with van der Waals surface area (Å²) in [5.74, 6) is 0.661. The standard InChI is InChI=1S/C15H10ClNO2/c16-9-5-6-11-13(7-9)19-8-15(11)10-3-1-2-4-12(10)17-14(15)18/h1-7H,8H2,(H,17,18). The molecule has 1 N–H and O–H groups in total. The first-order chi connectivity index (χ1) is 9.22. The average molecular weight is 272 g/mol. The second kappa shape index (κ2) is 3.52. The summed E-state index contributed by atoms with van der Waals surface area (Å²) in [6, 6.07) is 13.2. The Kier molecular flexibility index (Phi) is 2.01. The van der Waals surface area contributed by atoms with Gasteiger partial charge in [0.15, 0.2) is 0 Å². The summed E-state index contributed by atoms with van der Waals surface area (Å²) < 4.78 is 5.70. The third-order valence-corrected chi connectivity index (χ3v) is 4.11. The van der Waals surface area contributed by atoms with E-state index in [0.29, 0.717) is 17.4 Å². The van der Waals surface area contributed by atoms with Gasteiger partial charge in [-0.3, -0.25) is 4.79 Å². The molecule has 4 heteroatoms. The molecule has 4 rings (SSSR count). The number of hydrogen-bond donors (Lipinski definition) is 1. The van der Waals surface area contributed by atoms with Gasteiger partial charge in [-0.05, 0) is 23.8 Å². The molecule has 1 unspecified atom stereocenters. The normalized spacial score (nSPS) is 22.9. The van der Waals surface area contributed by atoms with E-state index in [1.54, 1.807) is 12.1 Å². The maximum Gasteiger partial charge on any atom is 0.243 e. The van der Waals surface area contributed by atoms with Crippen molar-refractivity contribution in [3.8, 4) is 5.75 Å². The molecule has 2 aromatic carbocycles. The minimum absolute atomic E-state index is 0.0326. The van der Waals surface area contributed by atoms with Gasteiger partial charge in [-0.1, -0.05) is 35.9 Å². The van der Waals surface area contributed by atoms with Crippen LogP contribution in [0.5, 0.6) is 5.75 Å². The zero-order valence-electron chi connectivity index (χ0n) is 9.94. The number of ether oxygens (including phenoxy) is 1. The van der Waals surface area contributed by atoms with Gasteiger partial charge in [0.1, 0.15) is 17.8 Å². The van der Waals surface area contributed by atoms with E-state index in [4.69, 9.17) is 16.3 Å². The first-order valence-electron chi connectivity index (χ1n) is 6.05. The molecule has 0 fully saturated rings. The van der Waals surface area contributed by atoms with Crippen LogP contribution in [0.4, 0.5) is 5.69 Å². The van der Waals surface area contributed by atoms with Crippen molar-refractivity contribution >= 4 is 23.2 Å². The van der Waals surface area contributed by atoms with Crippen LogP contribution in [-0.2, 0) is 10.2 Å². The molecule has 0 saturated heterocycles. The fraction of sp³-hybridized carbons (Fsp3) is 0.133. The second-order valence-electron chi connectivity index (χ2n) is 4.83. The maximum absolute atomic E-state index is 12.5. The number of hydrogen-bond acceptors (Lipinski definition) is 2. The lowest BCUT2D eigenvalue weighted by Gasteiger charge is -2.19. The number of para-hydroxylation sites is 1. The number of carbonyl (C=O) groups is 1. The van der Waals surface area contributed by atoms with Crippen molar-refractivity contribution in [2.75, 3.05) is 11.9 Å². The van der Waals surface area contributed by atoms with E-state index in [0.717, 1.165) is 16.8 Å². The van der Waals surface area contributed by atoms with Crippen molar-refractivity contribution < 1.29 is 9.53 Å². The maximum atomic E-state index is 12.5. The lowest BCUT2D eigenvalue weighted by atomic mass is 9.77. The molecule has 0 radical (unpaired) electrons. The highest BCUT2D eigenvalue weighted by Crippen LogP contribution is 2.50. The summed E-state index contributed by atoms with van der Waals surface area (Å²) >= 11 is 5.97. The Morgan fingerprint density at radius 1 is 1.16 bits per heavy atom. The molecule has 3 nitrogen and oxygen atoms in total. The topological polar surface area (TPSA) is 38.3 Å². The lowest BCUT2D eigenvalue weighted by Crippen LogP contribution is -2.37. The van der Waals surface area contributed by atoms with Crippen molar-refractivity contribution in [2.45, 2.75) is 5.41 Å². The first kappa shape index (κ1) is 10.9. The molecule has 2 aliphatic heterocycles. The van der Waals surface area contributed by atoms with Crippen LogP contribution in [0.3, 0.4) is 0 Å². The number of carbonyl (C=O) groups excluding carboxylic acids is 1. The molecule has 2 aromatic rings. The van der Waals surface area contributed by atoms with Crippen LogP contribution in [0.25, 0.3) is 0 Å². The highest BCUT2D eigenvalue weighted by Gasteiger charge is 2.53. The SMILES string of the molecule is O=C1Nc2ccccc2C12COc1cc(Cl)ccc12. The van der Waals surface area contributed by atoms with Crippen molar-refractivity contribution in [3.63, 3.8) is 0 Å². The van der Waals surface area contributed by atoms with Gasteiger partial charge in [0.2, 0.25) is 5.91 Å². The Hall–Kier alpha value is -2.00. The number of rotatable bonds is 0. The molecule has 0 aliphatic carbocycles. The number of benzene rings is 2. The molecule has 1 atom stereocenters. The zero-order valence-corrected chi connectivity index (χ0v) is 10.7.